The lowest BCUT2D eigenvalue weighted by Gasteiger charge is -2.29. The van der Waals surface area contributed by atoms with Gasteiger partial charge >= 0.3 is 0 Å². The molecule has 4 aromatic rings. The number of rotatable bonds is 2. The lowest BCUT2D eigenvalue weighted by atomic mass is 9.70. The van der Waals surface area contributed by atoms with Gasteiger partial charge in [-0.05, 0) is 40.8 Å². The van der Waals surface area contributed by atoms with Crippen molar-refractivity contribution in [3.05, 3.63) is 102 Å². The second-order valence-corrected chi connectivity index (χ2v) is 7.16. The third-order valence-electron chi connectivity index (χ3n) is 5.60. The van der Waals surface area contributed by atoms with Gasteiger partial charge in [0.15, 0.2) is 0 Å². The summed E-state index contributed by atoms with van der Waals surface area (Å²) < 4.78 is 0. The van der Waals surface area contributed by atoms with Gasteiger partial charge in [-0.25, -0.2) is 0 Å². The minimum Gasteiger partial charge on any atom is -0.399 e. The van der Waals surface area contributed by atoms with E-state index in [2.05, 4.69) is 11.4 Å². The van der Waals surface area contributed by atoms with Gasteiger partial charge in [0.1, 0.15) is 5.41 Å². The second kappa shape index (κ2) is 5.86. The van der Waals surface area contributed by atoms with Crippen molar-refractivity contribution in [2.75, 3.05) is 16.8 Å². The van der Waals surface area contributed by atoms with Crippen LogP contribution in [0.5, 0.6) is 0 Å². The van der Waals surface area contributed by atoms with Crippen LogP contribution in [0.15, 0.2) is 84.9 Å². The van der Waals surface area contributed by atoms with Gasteiger partial charge in [-0.1, -0.05) is 60.7 Å². The number of nitrogens with one attached hydrogen (secondary N) is 1. The van der Waals surface area contributed by atoms with Gasteiger partial charge < -0.3 is 16.8 Å². The maximum Gasteiger partial charge on any atom is 0.244 e. The number of fused-ring (bicyclic) bond motifs is 3. The molecule has 0 spiro atoms. The van der Waals surface area contributed by atoms with Crippen molar-refractivity contribution < 1.29 is 4.79 Å². The first-order valence-corrected chi connectivity index (χ1v) is 9.16. The highest BCUT2D eigenvalue weighted by Crippen LogP contribution is 2.50. The zero-order valence-electron chi connectivity index (χ0n) is 15.1. The van der Waals surface area contributed by atoms with Crippen LogP contribution >= 0.6 is 0 Å². The second-order valence-electron chi connectivity index (χ2n) is 7.16. The van der Waals surface area contributed by atoms with Crippen LogP contribution in [-0.2, 0) is 10.2 Å². The summed E-state index contributed by atoms with van der Waals surface area (Å²) in [5, 5.41) is 5.27. The summed E-state index contributed by atoms with van der Waals surface area (Å²) in [6.07, 6.45) is 0. The van der Waals surface area contributed by atoms with Crippen molar-refractivity contribution in [1.82, 2.24) is 0 Å². The Morgan fingerprint density at radius 2 is 1.25 bits per heavy atom. The molecule has 0 saturated heterocycles. The first kappa shape index (κ1) is 16.4. The average molecular weight is 365 g/mol. The lowest BCUT2D eigenvalue weighted by molar-refractivity contribution is -0.118. The fraction of sp³-hybridized carbons (Fsp3) is 0.0417. The number of amides is 1. The molecule has 4 heteroatoms. The highest BCUT2D eigenvalue weighted by atomic mass is 16.2. The topological polar surface area (TPSA) is 81.1 Å². The fourth-order valence-electron chi connectivity index (χ4n) is 4.25. The summed E-state index contributed by atoms with van der Waals surface area (Å²) in [5.41, 5.74) is 15.7. The number of nitrogens with two attached hydrogens (primary N) is 2. The molecular weight excluding hydrogens is 346 g/mol. The van der Waals surface area contributed by atoms with E-state index in [0.29, 0.717) is 11.4 Å². The Kier molecular flexibility index (Phi) is 3.43. The molecule has 28 heavy (non-hydrogen) atoms. The molecule has 136 valence electrons. The molecule has 0 radical (unpaired) electrons. The summed E-state index contributed by atoms with van der Waals surface area (Å²) >= 11 is 0. The lowest BCUT2D eigenvalue weighted by Crippen LogP contribution is -2.37. The summed E-state index contributed by atoms with van der Waals surface area (Å²) in [4.78, 5) is 13.6. The highest BCUT2D eigenvalue weighted by Gasteiger charge is 2.50. The predicted molar refractivity (Wildman–Crippen MR) is 114 cm³/mol. The maximum atomic E-state index is 13.6. The molecule has 5 rings (SSSR count). The first-order chi connectivity index (χ1) is 13.6. The third-order valence-corrected chi connectivity index (χ3v) is 5.60. The highest BCUT2D eigenvalue weighted by molar-refractivity contribution is 6.17. The monoisotopic (exact) mass is 365 g/mol. The molecule has 5 N–H and O–H groups in total. The van der Waals surface area contributed by atoms with Crippen LogP contribution in [-0.4, -0.2) is 5.91 Å². The van der Waals surface area contributed by atoms with Crippen molar-refractivity contribution in [2.45, 2.75) is 5.41 Å². The predicted octanol–water partition coefficient (Wildman–Crippen LogP) is 4.29. The summed E-state index contributed by atoms with van der Waals surface area (Å²) in [5.74, 6) is -0.0756. The molecule has 1 aliphatic rings. The Labute approximate surface area is 162 Å². The van der Waals surface area contributed by atoms with Gasteiger partial charge in [0, 0.05) is 22.3 Å². The Hall–Kier alpha value is -3.79. The van der Waals surface area contributed by atoms with E-state index in [1.165, 1.54) is 0 Å². The van der Waals surface area contributed by atoms with Gasteiger partial charge in [0.2, 0.25) is 5.91 Å². The first-order valence-electron chi connectivity index (χ1n) is 9.16. The molecule has 1 heterocycles. The number of carbonyl (C=O) groups is 1. The van der Waals surface area contributed by atoms with Crippen LogP contribution in [0.2, 0.25) is 0 Å². The molecule has 0 saturated carbocycles. The SMILES string of the molecule is Nc1ccc(C2(c3ccc(N)cc3)C(=O)Nc3c2ccc2ccccc32)cc1. The normalized spacial score (nSPS) is 14.6. The molecule has 0 bridgehead atoms. The molecule has 4 aromatic carbocycles. The minimum atomic E-state index is -0.958. The minimum absolute atomic E-state index is 0.0756. The molecule has 0 unspecified atom stereocenters. The summed E-state index contributed by atoms with van der Waals surface area (Å²) in [7, 11) is 0. The molecule has 0 aliphatic carbocycles. The number of hydrogen-bond donors (Lipinski definition) is 3. The zero-order valence-corrected chi connectivity index (χ0v) is 15.1. The number of carbonyl (C=O) groups excluding carboxylic acids is 1. The summed E-state index contributed by atoms with van der Waals surface area (Å²) in [6, 6.07) is 27.2. The van der Waals surface area contributed by atoms with E-state index in [9.17, 15) is 4.79 Å². The number of anilines is 3. The average Bonchev–Trinajstić information content (AvgIpc) is 3.02. The number of hydrogen-bond acceptors (Lipinski definition) is 3. The smallest absolute Gasteiger partial charge is 0.244 e. The Bertz CT molecular complexity index is 1170. The molecule has 1 amide bonds. The van der Waals surface area contributed by atoms with E-state index in [-0.39, 0.29) is 5.91 Å². The van der Waals surface area contributed by atoms with Crippen molar-refractivity contribution in [2.24, 2.45) is 0 Å². The van der Waals surface area contributed by atoms with E-state index in [1.807, 2.05) is 78.9 Å². The Morgan fingerprint density at radius 1 is 0.679 bits per heavy atom. The van der Waals surface area contributed by atoms with Crippen LogP contribution in [0.25, 0.3) is 10.8 Å². The molecular formula is C24H19N3O. The van der Waals surface area contributed by atoms with Crippen LogP contribution < -0.4 is 16.8 Å². The summed E-state index contributed by atoms with van der Waals surface area (Å²) in [6.45, 7) is 0. The van der Waals surface area contributed by atoms with Crippen molar-refractivity contribution in [1.29, 1.82) is 0 Å². The van der Waals surface area contributed by atoms with Crippen LogP contribution in [0, 0.1) is 0 Å². The van der Waals surface area contributed by atoms with E-state index >= 15 is 0 Å². The van der Waals surface area contributed by atoms with E-state index in [4.69, 9.17) is 11.5 Å². The zero-order chi connectivity index (χ0) is 19.3. The molecule has 4 nitrogen and oxygen atoms in total. The van der Waals surface area contributed by atoms with Gasteiger partial charge in [-0.2, -0.15) is 0 Å². The quantitative estimate of drug-likeness (QED) is 0.464. The van der Waals surface area contributed by atoms with E-state index < -0.39 is 5.41 Å². The van der Waals surface area contributed by atoms with Gasteiger partial charge in [0.25, 0.3) is 0 Å². The molecule has 0 atom stereocenters. The van der Waals surface area contributed by atoms with Crippen molar-refractivity contribution in [3.8, 4) is 0 Å². The third kappa shape index (κ3) is 2.15. The standard InChI is InChI=1S/C24H19N3O/c25-18-10-6-16(7-11-18)24(17-8-12-19(26)13-9-17)21-14-5-15-3-1-2-4-20(15)22(21)27-23(24)28/h1-14H,25-26H2,(H,27,28). The largest absolute Gasteiger partial charge is 0.399 e. The van der Waals surface area contributed by atoms with Crippen LogP contribution in [0.4, 0.5) is 17.1 Å². The molecule has 0 aromatic heterocycles. The molecule has 0 fully saturated rings. The van der Waals surface area contributed by atoms with Crippen LogP contribution in [0.3, 0.4) is 0 Å². The van der Waals surface area contributed by atoms with Gasteiger partial charge in [-0.15, -0.1) is 0 Å². The van der Waals surface area contributed by atoms with E-state index in [0.717, 1.165) is 33.2 Å². The fourth-order valence-corrected chi connectivity index (χ4v) is 4.25. The molecule has 1 aliphatic heterocycles. The van der Waals surface area contributed by atoms with Crippen molar-refractivity contribution in [3.63, 3.8) is 0 Å². The maximum absolute atomic E-state index is 13.6. The van der Waals surface area contributed by atoms with Gasteiger partial charge in [0.05, 0.1) is 5.69 Å². The van der Waals surface area contributed by atoms with Crippen molar-refractivity contribution >= 4 is 33.7 Å². The van der Waals surface area contributed by atoms with Gasteiger partial charge in [-0.3, -0.25) is 4.79 Å². The Morgan fingerprint density at radius 3 is 1.86 bits per heavy atom. The van der Waals surface area contributed by atoms with Crippen LogP contribution in [0.1, 0.15) is 16.7 Å². The number of nitrogen functional groups attached to an aromatic ring is 2. The van der Waals surface area contributed by atoms with E-state index in [1.54, 1.807) is 0 Å². The number of benzene rings is 4. The Balaban J connectivity index is 1.88.